The minimum atomic E-state index is -0.467. The highest BCUT2D eigenvalue weighted by molar-refractivity contribution is 9.10. The molecule has 19 heavy (non-hydrogen) atoms. The molecule has 0 aliphatic carbocycles. The Morgan fingerprint density at radius 3 is 3.11 bits per heavy atom. The van der Waals surface area contributed by atoms with Gasteiger partial charge in [-0.3, -0.25) is 4.79 Å². The van der Waals surface area contributed by atoms with Crippen LogP contribution in [0.5, 0.6) is 0 Å². The first-order valence-corrected chi connectivity index (χ1v) is 7.35. The molecule has 0 aromatic heterocycles. The van der Waals surface area contributed by atoms with E-state index in [-0.39, 0.29) is 11.9 Å². The molecule has 2 unspecified atom stereocenters. The lowest BCUT2D eigenvalue weighted by atomic mass is 10.0. The summed E-state index contributed by atoms with van der Waals surface area (Å²) in [5.74, 6) is 0.0300. The average Bonchev–Trinajstić information content (AvgIpc) is 2.87. The average molecular weight is 323 g/mol. The number of carbonyl (C=O) groups is 1. The van der Waals surface area contributed by atoms with Crippen LogP contribution in [0.4, 0.5) is 0 Å². The third kappa shape index (κ3) is 3.25. The minimum Gasteiger partial charge on any atom is -0.334 e. The summed E-state index contributed by atoms with van der Waals surface area (Å²) in [7, 11) is 0. The van der Waals surface area contributed by atoms with Crippen molar-refractivity contribution in [3.05, 3.63) is 47.0 Å². The van der Waals surface area contributed by atoms with Crippen LogP contribution in [0.3, 0.4) is 0 Å². The molecule has 2 rings (SSSR count). The number of nitrogens with two attached hydrogens (primary N) is 1. The number of likely N-dealkylation sites (tertiary alicyclic amines) is 1. The van der Waals surface area contributed by atoms with Crippen LogP contribution < -0.4 is 5.73 Å². The lowest BCUT2D eigenvalue weighted by molar-refractivity contribution is -0.133. The molecule has 2 N–H and O–H groups in total. The van der Waals surface area contributed by atoms with E-state index in [4.69, 9.17) is 5.73 Å². The largest absolute Gasteiger partial charge is 0.334 e. The molecule has 1 saturated heterocycles. The summed E-state index contributed by atoms with van der Waals surface area (Å²) in [6.45, 7) is 4.43. The maximum Gasteiger partial charge on any atom is 0.240 e. The second kappa shape index (κ2) is 6.35. The molecule has 4 heteroatoms. The van der Waals surface area contributed by atoms with Crippen LogP contribution in [0.15, 0.2) is 41.4 Å². The number of carbonyl (C=O) groups excluding carboxylic acids is 1. The van der Waals surface area contributed by atoms with Crippen LogP contribution in [-0.4, -0.2) is 23.4 Å². The van der Waals surface area contributed by atoms with Crippen LogP contribution >= 0.6 is 15.9 Å². The van der Waals surface area contributed by atoms with Crippen LogP contribution in [0.1, 0.15) is 30.9 Å². The number of amides is 1. The monoisotopic (exact) mass is 322 g/mol. The van der Waals surface area contributed by atoms with Crippen molar-refractivity contribution in [1.82, 2.24) is 4.90 Å². The molecule has 2 atom stereocenters. The summed E-state index contributed by atoms with van der Waals surface area (Å²) in [6, 6.07) is 7.83. The van der Waals surface area contributed by atoms with Crippen LogP contribution in [0.25, 0.3) is 0 Å². The van der Waals surface area contributed by atoms with Crippen LogP contribution in [-0.2, 0) is 4.79 Å². The first-order chi connectivity index (χ1) is 9.13. The quantitative estimate of drug-likeness (QED) is 0.866. The second-order valence-corrected chi connectivity index (χ2v) is 5.79. The number of rotatable bonds is 4. The molecule has 0 bridgehead atoms. The van der Waals surface area contributed by atoms with Gasteiger partial charge in [0, 0.05) is 11.0 Å². The number of hydrogen-bond donors (Lipinski definition) is 1. The molecule has 1 fully saturated rings. The summed E-state index contributed by atoms with van der Waals surface area (Å²) < 4.78 is 1.04. The Labute approximate surface area is 122 Å². The second-order valence-electron chi connectivity index (χ2n) is 4.88. The van der Waals surface area contributed by atoms with E-state index in [1.807, 2.05) is 17.0 Å². The molecular weight excluding hydrogens is 304 g/mol. The van der Waals surface area contributed by atoms with Gasteiger partial charge < -0.3 is 10.6 Å². The molecule has 1 aromatic carbocycles. The molecule has 1 amide bonds. The molecule has 0 saturated carbocycles. The molecule has 1 heterocycles. The van der Waals surface area contributed by atoms with Crippen molar-refractivity contribution in [2.24, 2.45) is 5.73 Å². The van der Waals surface area contributed by atoms with Crippen LogP contribution in [0.2, 0.25) is 0 Å². The number of hydrogen-bond acceptors (Lipinski definition) is 2. The molecule has 3 nitrogen and oxygen atoms in total. The van der Waals surface area contributed by atoms with E-state index in [1.54, 1.807) is 6.08 Å². The van der Waals surface area contributed by atoms with E-state index in [9.17, 15) is 4.79 Å². The van der Waals surface area contributed by atoms with E-state index in [0.29, 0.717) is 6.42 Å². The Morgan fingerprint density at radius 2 is 2.42 bits per heavy atom. The summed E-state index contributed by atoms with van der Waals surface area (Å²) in [4.78, 5) is 14.3. The van der Waals surface area contributed by atoms with E-state index in [0.717, 1.165) is 23.9 Å². The van der Waals surface area contributed by atoms with Gasteiger partial charge in [0.2, 0.25) is 5.91 Å². The van der Waals surface area contributed by atoms with Crippen LogP contribution in [0, 0.1) is 0 Å². The van der Waals surface area contributed by atoms with Gasteiger partial charge in [0.25, 0.3) is 0 Å². The van der Waals surface area contributed by atoms with Crippen molar-refractivity contribution < 1.29 is 4.79 Å². The predicted octanol–water partition coefficient (Wildman–Crippen LogP) is 3.02. The number of benzene rings is 1. The van der Waals surface area contributed by atoms with Gasteiger partial charge in [-0.25, -0.2) is 0 Å². The predicted molar refractivity (Wildman–Crippen MR) is 80.6 cm³/mol. The van der Waals surface area contributed by atoms with Crippen molar-refractivity contribution in [3.8, 4) is 0 Å². The fraction of sp³-hybridized carbons (Fsp3) is 0.400. The number of halogens is 1. The lowest BCUT2D eigenvalue weighted by Crippen LogP contribution is -2.43. The SMILES string of the molecule is C=CCC(N)C(=O)N1CCCC1c1cccc(Br)c1. The van der Waals surface area contributed by atoms with Gasteiger partial charge in [0.1, 0.15) is 0 Å². The first-order valence-electron chi connectivity index (χ1n) is 6.56. The summed E-state index contributed by atoms with van der Waals surface area (Å²) in [5, 5.41) is 0. The van der Waals surface area contributed by atoms with E-state index < -0.39 is 6.04 Å². The normalized spacial score (nSPS) is 20.3. The Kier molecular flexibility index (Phi) is 4.77. The molecule has 1 aromatic rings. The van der Waals surface area contributed by atoms with Crippen molar-refractivity contribution >= 4 is 21.8 Å². The standard InChI is InChI=1S/C15H19BrN2O/c1-2-5-13(17)15(19)18-9-4-8-14(18)11-6-3-7-12(16)10-11/h2-3,6-7,10,13-14H,1,4-5,8-9,17H2. The Hall–Kier alpha value is -1.13. The fourth-order valence-electron chi connectivity index (χ4n) is 2.58. The lowest BCUT2D eigenvalue weighted by Gasteiger charge is -2.27. The van der Waals surface area contributed by atoms with Crippen molar-refractivity contribution in [1.29, 1.82) is 0 Å². The highest BCUT2D eigenvalue weighted by Gasteiger charge is 2.32. The van der Waals surface area contributed by atoms with Gasteiger partial charge in [-0.2, -0.15) is 0 Å². The Bertz CT molecular complexity index is 475. The fourth-order valence-corrected chi connectivity index (χ4v) is 3.00. The molecule has 1 aliphatic rings. The molecule has 0 spiro atoms. The van der Waals surface area contributed by atoms with E-state index >= 15 is 0 Å². The van der Waals surface area contributed by atoms with Crippen molar-refractivity contribution in [2.75, 3.05) is 6.54 Å². The highest BCUT2D eigenvalue weighted by atomic mass is 79.9. The molecule has 0 radical (unpaired) electrons. The summed E-state index contributed by atoms with van der Waals surface area (Å²) >= 11 is 3.48. The zero-order valence-corrected chi connectivity index (χ0v) is 12.5. The number of nitrogens with zero attached hydrogens (tertiary/aromatic N) is 1. The van der Waals surface area contributed by atoms with Gasteiger partial charge in [-0.15, -0.1) is 6.58 Å². The highest BCUT2D eigenvalue weighted by Crippen LogP contribution is 2.33. The van der Waals surface area contributed by atoms with E-state index in [1.165, 1.54) is 5.56 Å². The Morgan fingerprint density at radius 1 is 1.63 bits per heavy atom. The first kappa shape index (κ1) is 14.3. The van der Waals surface area contributed by atoms with Gasteiger partial charge in [-0.1, -0.05) is 34.1 Å². The summed E-state index contributed by atoms with van der Waals surface area (Å²) in [6.07, 6.45) is 4.26. The van der Waals surface area contributed by atoms with E-state index in [2.05, 4.69) is 34.6 Å². The zero-order valence-electron chi connectivity index (χ0n) is 10.9. The molecular formula is C15H19BrN2O. The van der Waals surface area contributed by atoms with Gasteiger partial charge in [-0.05, 0) is 37.0 Å². The Balaban J connectivity index is 2.17. The van der Waals surface area contributed by atoms with Crippen molar-refractivity contribution in [3.63, 3.8) is 0 Å². The summed E-state index contributed by atoms with van der Waals surface area (Å²) in [5.41, 5.74) is 7.08. The topological polar surface area (TPSA) is 46.3 Å². The molecule has 1 aliphatic heterocycles. The van der Waals surface area contributed by atoms with Gasteiger partial charge >= 0.3 is 0 Å². The smallest absolute Gasteiger partial charge is 0.240 e. The third-order valence-electron chi connectivity index (χ3n) is 3.51. The van der Waals surface area contributed by atoms with Crippen molar-refractivity contribution in [2.45, 2.75) is 31.3 Å². The van der Waals surface area contributed by atoms with Gasteiger partial charge in [0.15, 0.2) is 0 Å². The van der Waals surface area contributed by atoms with Gasteiger partial charge in [0.05, 0.1) is 12.1 Å². The zero-order chi connectivity index (χ0) is 13.8. The molecule has 102 valence electrons. The maximum absolute atomic E-state index is 12.3. The maximum atomic E-state index is 12.3. The minimum absolute atomic E-state index is 0.0300. The third-order valence-corrected chi connectivity index (χ3v) is 4.00.